The van der Waals surface area contributed by atoms with Crippen LogP contribution in [-0.2, 0) is 0 Å². The summed E-state index contributed by atoms with van der Waals surface area (Å²) in [5.41, 5.74) is 7.07. The van der Waals surface area contributed by atoms with Crippen LogP contribution in [0, 0.1) is 5.41 Å². The SMILES string of the molecule is CN1CCN(c2ccc(NC(=N)N)cc2Cl)CC1. The van der Waals surface area contributed by atoms with E-state index in [0.29, 0.717) is 5.02 Å². The van der Waals surface area contributed by atoms with Gasteiger partial charge >= 0.3 is 0 Å². The smallest absolute Gasteiger partial charge is 0.190 e. The Labute approximate surface area is 112 Å². The van der Waals surface area contributed by atoms with Gasteiger partial charge in [0.05, 0.1) is 10.7 Å². The monoisotopic (exact) mass is 267 g/mol. The maximum absolute atomic E-state index is 7.18. The fourth-order valence-corrected chi connectivity index (χ4v) is 2.34. The first kappa shape index (κ1) is 13.0. The predicted molar refractivity (Wildman–Crippen MR) is 76.7 cm³/mol. The highest BCUT2D eigenvalue weighted by molar-refractivity contribution is 6.33. The normalized spacial score (nSPS) is 16.7. The molecule has 0 aliphatic carbocycles. The van der Waals surface area contributed by atoms with Crippen LogP contribution in [0.25, 0.3) is 0 Å². The fourth-order valence-electron chi connectivity index (χ4n) is 2.04. The van der Waals surface area contributed by atoms with Gasteiger partial charge in [-0.2, -0.15) is 0 Å². The Morgan fingerprint density at radius 3 is 2.56 bits per heavy atom. The summed E-state index contributed by atoms with van der Waals surface area (Å²) in [6.45, 7) is 4.05. The largest absolute Gasteiger partial charge is 0.370 e. The Hall–Kier alpha value is -1.46. The molecule has 6 heteroatoms. The number of nitrogens with zero attached hydrogens (tertiary/aromatic N) is 2. The number of likely N-dealkylation sites (N-methyl/N-ethyl adjacent to an activating group) is 1. The average molecular weight is 268 g/mol. The van der Waals surface area contributed by atoms with E-state index in [9.17, 15) is 0 Å². The first-order chi connectivity index (χ1) is 8.56. The molecule has 98 valence electrons. The van der Waals surface area contributed by atoms with E-state index < -0.39 is 0 Å². The lowest BCUT2D eigenvalue weighted by molar-refractivity contribution is 0.313. The first-order valence-corrected chi connectivity index (χ1v) is 6.28. The number of benzene rings is 1. The molecule has 0 radical (unpaired) electrons. The zero-order valence-electron chi connectivity index (χ0n) is 10.4. The van der Waals surface area contributed by atoms with Crippen molar-refractivity contribution >= 4 is 28.9 Å². The van der Waals surface area contributed by atoms with Crippen LogP contribution in [0.3, 0.4) is 0 Å². The zero-order chi connectivity index (χ0) is 13.1. The van der Waals surface area contributed by atoms with Crippen molar-refractivity contribution in [3.63, 3.8) is 0 Å². The van der Waals surface area contributed by atoms with Gasteiger partial charge in [-0.25, -0.2) is 0 Å². The summed E-state index contributed by atoms with van der Waals surface area (Å²) < 4.78 is 0. The molecule has 1 saturated heterocycles. The van der Waals surface area contributed by atoms with Crippen LogP contribution in [0.2, 0.25) is 5.02 Å². The minimum absolute atomic E-state index is 0.0848. The second-order valence-corrected chi connectivity index (χ2v) is 4.90. The second-order valence-electron chi connectivity index (χ2n) is 4.50. The van der Waals surface area contributed by atoms with Crippen molar-refractivity contribution in [3.8, 4) is 0 Å². The minimum atomic E-state index is -0.0848. The highest BCUT2D eigenvalue weighted by atomic mass is 35.5. The van der Waals surface area contributed by atoms with Crippen molar-refractivity contribution in [2.24, 2.45) is 5.73 Å². The van der Waals surface area contributed by atoms with Crippen molar-refractivity contribution in [1.29, 1.82) is 5.41 Å². The number of piperazine rings is 1. The molecule has 0 saturated carbocycles. The molecule has 0 spiro atoms. The maximum Gasteiger partial charge on any atom is 0.190 e. The topological polar surface area (TPSA) is 68.4 Å². The van der Waals surface area contributed by atoms with E-state index in [0.717, 1.165) is 37.6 Å². The van der Waals surface area contributed by atoms with E-state index in [1.807, 2.05) is 12.1 Å². The quantitative estimate of drug-likeness (QED) is 0.560. The van der Waals surface area contributed by atoms with Gasteiger partial charge in [0.1, 0.15) is 0 Å². The summed E-state index contributed by atoms with van der Waals surface area (Å²) in [5, 5.41) is 10.6. The van der Waals surface area contributed by atoms with Crippen molar-refractivity contribution < 1.29 is 0 Å². The van der Waals surface area contributed by atoms with Crippen molar-refractivity contribution in [2.75, 3.05) is 43.4 Å². The van der Waals surface area contributed by atoms with Gasteiger partial charge in [0.15, 0.2) is 5.96 Å². The number of anilines is 2. The fraction of sp³-hybridized carbons (Fsp3) is 0.417. The number of halogens is 1. The molecular weight excluding hydrogens is 250 g/mol. The number of nitrogens with one attached hydrogen (secondary N) is 2. The van der Waals surface area contributed by atoms with Gasteiger partial charge < -0.3 is 20.9 Å². The van der Waals surface area contributed by atoms with Gasteiger partial charge in [0, 0.05) is 31.9 Å². The van der Waals surface area contributed by atoms with E-state index in [4.69, 9.17) is 22.7 Å². The number of nitrogens with two attached hydrogens (primary N) is 1. The molecule has 1 aliphatic heterocycles. The van der Waals surface area contributed by atoms with E-state index in [1.54, 1.807) is 6.07 Å². The Bertz CT molecular complexity index is 440. The molecule has 1 aromatic carbocycles. The average Bonchev–Trinajstić information content (AvgIpc) is 2.30. The predicted octanol–water partition coefficient (Wildman–Crippen LogP) is 1.40. The van der Waals surface area contributed by atoms with E-state index in [-0.39, 0.29) is 5.96 Å². The Kier molecular flexibility index (Phi) is 3.93. The van der Waals surface area contributed by atoms with Gasteiger partial charge in [-0.3, -0.25) is 5.41 Å². The molecule has 1 heterocycles. The molecule has 1 fully saturated rings. The number of guanidine groups is 1. The number of rotatable bonds is 2. The van der Waals surface area contributed by atoms with Gasteiger partial charge in [0.2, 0.25) is 0 Å². The molecule has 0 amide bonds. The zero-order valence-corrected chi connectivity index (χ0v) is 11.2. The first-order valence-electron chi connectivity index (χ1n) is 5.90. The molecule has 5 nitrogen and oxygen atoms in total. The molecule has 18 heavy (non-hydrogen) atoms. The summed E-state index contributed by atoms with van der Waals surface area (Å²) in [6.07, 6.45) is 0. The molecule has 1 aliphatic rings. The highest BCUT2D eigenvalue weighted by Crippen LogP contribution is 2.29. The van der Waals surface area contributed by atoms with Crippen LogP contribution in [0.5, 0.6) is 0 Å². The third-order valence-electron chi connectivity index (χ3n) is 3.07. The van der Waals surface area contributed by atoms with Crippen LogP contribution in [0.1, 0.15) is 0 Å². The van der Waals surface area contributed by atoms with Gasteiger partial charge in [0.25, 0.3) is 0 Å². The van der Waals surface area contributed by atoms with Gasteiger partial charge in [-0.15, -0.1) is 0 Å². The summed E-state index contributed by atoms with van der Waals surface area (Å²) in [5.74, 6) is -0.0848. The second kappa shape index (κ2) is 5.46. The molecule has 1 aromatic rings. The number of hydrogen-bond donors (Lipinski definition) is 3. The van der Waals surface area contributed by atoms with Crippen molar-refractivity contribution in [3.05, 3.63) is 23.2 Å². The third-order valence-corrected chi connectivity index (χ3v) is 3.37. The lowest BCUT2D eigenvalue weighted by Crippen LogP contribution is -2.44. The van der Waals surface area contributed by atoms with Crippen LogP contribution >= 0.6 is 11.6 Å². The van der Waals surface area contributed by atoms with Crippen LogP contribution in [-0.4, -0.2) is 44.1 Å². The Morgan fingerprint density at radius 2 is 2.00 bits per heavy atom. The van der Waals surface area contributed by atoms with Gasteiger partial charge in [-0.1, -0.05) is 11.6 Å². The summed E-state index contributed by atoms with van der Waals surface area (Å²) in [6, 6.07) is 5.66. The molecule has 0 bridgehead atoms. The molecule has 4 N–H and O–H groups in total. The van der Waals surface area contributed by atoms with Crippen LogP contribution < -0.4 is 16.0 Å². The molecule has 0 aromatic heterocycles. The Balaban J connectivity index is 2.12. The van der Waals surface area contributed by atoms with E-state index in [2.05, 4.69) is 22.2 Å². The molecule has 0 unspecified atom stereocenters. The lowest BCUT2D eigenvalue weighted by Gasteiger charge is -2.34. The molecule has 2 rings (SSSR count). The minimum Gasteiger partial charge on any atom is -0.370 e. The molecular formula is C12H18ClN5. The van der Waals surface area contributed by atoms with Gasteiger partial charge in [-0.05, 0) is 25.2 Å². The molecule has 0 atom stereocenters. The van der Waals surface area contributed by atoms with Crippen molar-refractivity contribution in [1.82, 2.24) is 4.90 Å². The maximum atomic E-state index is 7.18. The summed E-state index contributed by atoms with van der Waals surface area (Å²) >= 11 is 6.28. The summed E-state index contributed by atoms with van der Waals surface area (Å²) in [7, 11) is 2.12. The summed E-state index contributed by atoms with van der Waals surface area (Å²) in [4.78, 5) is 4.58. The van der Waals surface area contributed by atoms with E-state index in [1.165, 1.54) is 0 Å². The standard InChI is InChI=1S/C12H18ClN5/c1-17-4-6-18(7-5-17)11-3-2-9(8-10(11)13)16-12(14)15/h2-3,8H,4-7H2,1H3,(H4,14,15,16). The lowest BCUT2D eigenvalue weighted by atomic mass is 10.2. The Morgan fingerprint density at radius 1 is 1.33 bits per heavy atom. The van der Waals surface area contributed by atoms with E-state index >= 15 is 0 Å². The number of hydrogen-bond acceptors (Lipinski definition) is 3. The third kappa shape index (κ3) is 3.05. The van der Waals surface area contributed by atoms with Crippen molar-refractivity contribution in [2.45, 2.75) is 0 Å². The highest BCUT2D eigenvalue weighted by Gasteiger charge is 2.16. The van der Waals surface area contributed by atoms with Crippen LogP contribution in [0.4, 0.5) is 11.4 Å². The van der Waals surface area contributed by atoms with Crippen LogP contribution in [0.15, 0.2) is 18.2 Å².